The first-order valence-corrected chi connectivity index (χ1v) is 6.46. The highest BCUT2D eigenvalue weighted by Gasteiger charge is 2.45. The summed E-state index contributed by atoms with van der Waals surface area (Å²) in [6.45, 7) is 0.270. The van der Waals surface area contributed by atoms with Gasteiger partial charge in [0.2, 0.25) is 0 Å². The first kappa shape index (κ1) is 13.6. The van der Waals surface area contributed by atoms with Gasteiger partial charge in [0.15, 0.2) is 5.84 Å². The number of hydrogen-bond acceptors (Lipinski definition) is 3. The summed E-state index contributed by atoms with van der Waals surface area (Å²) in [6, 6.07) is 3.59. The number of alkyl halides is 3. The Morgan fingerprint density at radius 2 is 1.95 bits per heavy atom. The van der Waals surface area contributed by atoms with Crippen molar-refractivity contribution in [3.63, 3.8) is 0 Å². The molecule has 0 radical (unpaired) electrons. The van der Waals surface area contributed by atoms with Gasteiger partial charge in [0, 0.05) is 10.6 Å². The lowest BCUT2D eigenvalue weighted by Gasteiger charge is -2.12. The Bertz CT molecular complexity index is 630. The van der Waals surface area contributed by atoms with Crippen LogP contribution in [-0.2, 0) is 6.18 Å². The van der Waals surface area contributed by atoms with E-state index in [0.717, 1.165) is 18.9 Å². The topological polar surface area (TPSA) is 50.7 Å². The third-order valence-electron chi connectivity index (χ3n) is 3.51. The highest BCUT2D eigenvalue weighted by molar-refractivity contribution is 6.30. The molecule has 1 aromatic rings. The molecule has 20 heavy (non-hydrogen) atoms. The molecule has 2 aliphatic rings. The van der Waals surface area contributed by atoms with E-state index >= 15 is 0 Å². The van der Waals surface area contributed by atoms with Gasteiger partial charge in [0.1, 0.15) is 0 Å². The van der Waals surface area contributed by atoms with Crippen LogP contribution in [0.3, 0.4) is 0 Å². The second-order valence-corrected chi connectivity index (χ2v) is 5.48. The zero-order valence-corrected chi connectivity index (χ0v) is 11.1. The summed E-state index contributed by atoms with van der Waals surface area (Å²) >= 11 is 5.65. The van der Waals surface area contributed by atoms with Gasteiger partial charge >= 0.3 is 6.18 Å². The van der Waals surface area contributed by atoms with Crippen LogP contribution in [0.1, 0.15) is 24.0 Å². The van der Waals surface area contributed by atoms with Gasteiger partial charge in [-0.1, -0.05) is 11.6 Å². The molecule has 1 heterocycles. The van der Waals surface area contributed by atoms with E-state index in [2.05, 4.69) is 9.98 Å². The molecule has 3 rings (SSSR count). The molecule has 7 heteroatoms. The maximum Gasteiger partial charge on any atom is 0.417 e. The average molecular weight is 302 g/mol. The lowest BCUT2D eigenvalue weighted by atomic mass is 10.1. The molecule has 1 aliphatic carbocycles. The number of amidine groups is 1. The highest BCUT2D eigenvalue weighted by Crippen LogP contribution is 2.37. The molecule has 0 aromatic heterocycles. The average Bonchev–Trinajstić information content (AvgIpc) is 2.92. The highest BCUT2D eigenvalue weighted by atomic mass is 35.5. The van der Waals surface area contributed by atoms with E-state index in [4.69, 9.17) is 17.3 Å². The fourth-order valence-corrected chi connectivity index (χ4v) is 2.30. The van der Waals surface area contributed by atoms with Crippen molar-refractivity contribution in [2.75, 3.05) is 6.54 Å². The second-order valence-electron chi connectivity index (χ2n) is 5.04. The molecular weight excluding hydrogens is 291 g/mol. The van der Waals surface area contributed by atoms with E-state index in [-0.39, 0.29) is 23.0 Å². The summed E-state index contributed by atoms with van der Waals surface area (Å²) in [5.41, 5.74) is 5.32. The molecule has 0 atom stereocenters. The van der Waals surface area contributed by atoms with Crippen molar-refractivity contribution in [1.29, 1.82) is 0 Å². The van der Waals surface area contributed by atoms with Crippen LogP contribution in [0.4, 0.5) is 13.2 Å². The van der Waals surface area contributed by atoms with Crippen molar-refractivity contribution in [3.8, 4) is 0 Å². The third-order valence-corrected chi connectivity index (χ3v) is 3.75. The van der Waals surface area contributed by atoms with Gasteiger partial charge in [-0.2, -0.15) is 13.2 Å². The number of nitrogens with two attached hydrogens (primary N) is 1. The Hall–Kier alpha value is -1.40. The SMILES string of the molecule is NC1(C2=NC(c3ccc(Cl)cc3C(F)(F)F)=NC2)CC1. The van der Waals surface area contributed by atoms with Crippen LogP contribution in [0.2, 0.25) is 5.02 Å². The number of rotatable bonds is 2. The van der Waals surface area contributed by atoms with Crippen LogP contribution < -0.4 is 5.73 Å². The van der Waals surface area contributed by atoms with E-state index in [1.165, 1.54) is 12.1 Å². The zero-order valence-electron chi connectivity index (χ0n) is 10.3. The van der Waals surface area contributed by atoms with Gasteiger partial charge in [-0.3, -0.25) is 4.99 Å². The smallest absolute Gasteiger partial charge is 0.320 e. The first-order valence-electron chi connectivity index (χ1n) is 6.08. The maximum absolute atomic E-state index is 13.0. The minimum Gasteiger partial charge on any atom is -0.320 e. The van der Waals surface area contributed by atoms with Gasteiger partial charge < -0.3 is 5.73 Å². The molecule has 0 bridgehead atoms. The van der Waals surface area contributed by atoms with Crippen molar-refractivity contribution >= 4 is 23.1 Å². The van der Waals surface area contributed by atoms with Crippen LogP contribution >= 0.6 is 11.6 Å². The van der Waals surface area contributed by atoms with Crippen LogP contribution in [0, 0.1) is 0 Å². The summed E-state index contributed by atoms with van der Waals surface area (Å²) in [5.74, 6) is 0.0840. The van der Waals surface area contributed by atoms with E-state index in [9.17, 15) is 13.2 Å². The van der Waals surface area contributed by atoms with Crippen LogP contribution in [0.25, 0.3) is 0 Å². The monoisotopic (exact) mass is 301 g/mol. The van der Waals surface area contributed by atoms with Gasteiger partial charge in [-0.15, -0.1) is 0 Å². The normalized spacial score (nSPS) is 20.6. The standard InChI is InChI=1S/C13H11ClF3N3/c14-7-1-2-8(9(5-7)13(15,16)17)11-19-6-10(20-11)12(18)3-4-12/h1-2,5H,3-4,6,18H2. The Balaban J connectivity index is 2.01. The molecule has 0 saturated heterocycles. The molecule has 0 unspecified atom stereocenters. The lowest BCUT2D eigenvalue weighted by Crippen LogP contribution is -2.33. The zero-order chi connectivity index (χ0) is 14.5. The van der Waals surface area contributed by atoms with Crippen LogP contribution in [0.5, 0.6) is 0 Å². The van der Waals surface area contributed by atoms with Crippen molar-refractivity contribution in [3.05, 3.63) is 34.3 Å². The Morgan fingerprint density at radius 3 is 2.55 bits per heavy atom. The number of nitrogens with zero attached hydrogens (tertiary/aromatic N) is 2. The number of benzene rings is 1. The van der Waals surface area contributed by atoms with E-state index in [1.54, 1.807) is 0 Å². The minimum absolute atomic E-state index is 0.0290. The third kappa shape index (κ3) is 2.33. The summed E-state index contributed by atoms with van der Waals surface area (Å²) in [4.78, 5) is 8.28. The molecule has 3 nitrogen and oxygen atoms in total. The van der Waals surface area contributed by atoms with Crippen molar-refractivity contribution in [2.45, 2.75) is 24.6 Å². The summed E-state index contributed by atoms with van der Waals surface area (Å²) in [5, 5.41) is 0.0290. The first-order chi connectivity index (χ1) is 9.29. The predicted octanol–water partition coefficient (Wildman–Crippen LogP) is 3.05. The van der Waals surface area contributed by atoms with E-state index in [1.807, 2.05) is 0 Å². The molecule has 0 spiro atoms. The molecular formula is C13H11ClF3N3. The molecule has 2 N–H and O–H groups in total. The minimum atomic E-state index is -4.50. The van der Waals surface area contributed by atoms with Crippen LogP contribution in [-0.4, -0.2) is 23.6 Å². The quantitative estimate of drug-likeness (QED) is 0.897. The number of halogens is 4. The van der Waals surface area contributed by atoms with Crippen molar-refractivity contribution in [1.82, 2.24) is 0 Å². The summed E-state index contributed by atoms with van der Waals surface area (Å²) < 4.78 is 39.1. The molecule has 1 fully saturated rings. The van der Waals surface area contributed by atoms with Crippen molar-refractivity contribution in [2.24, 2.45) is 15.7 Å². The van der Waals surface area contributed by atoms with Gasteiger partial charge in [-0.05, 0) is 31.0 Å². The second kappa shape index (κ2) is 4.30. The maximum atomic E-state index is 13.0. The largest absolute Gasteiger partial charge is 0.417 e. The van der Waals surface area contributed by atoms with Crippen LogP contribution in [0.15, 0.2) is 28.2 Å². The molecule has 0 amide bonds. The molecule has 1 aromatic carbocycles. The van der Waals surface area contributed by atoms with Crippen molar-refractivity contribution < 1.29 is 13.2 Å². The number of aliphatic imine (C=N–C) groups is 2. The molecule has 106 valence electrons. The molecule has 1 aliphatic heterocycles. The Morgan fingerprint density at radius 1 is 1.25 bits per heavy atom. The van der Waals surface area contributed by atoms with Gasteiger partial charge in [0.25, 0.3) is 0 Å². The Labute approximate surface area is 118 Å². The fourth-order valence-electron chi connectivity index (χ4n) is 2.13. The Kier molecular flexibility index (Phi) is 2.92. The molecule has 1 saturated carbocycles. The number of hydrogen-bond donors (Lipinski definition) is 1. The predicted molar refractivity (Wildman–Crippen MR) is 71.4 cm³/mol. The van der Waals surface area contributed by atoms with E-state index < -0.39 is 17.3 Å². The summed E-state index contributed by atoms with van der Waals surface area (Å²) in [6.07, 6.45) is -2.89. The van der Waals surface area contributed by atoms with E-state index in [0.29, 0.717) is 5.71 Å². The fraction of sp³-hybridized carbons (Fsp3) is 0.385. The van der Waals surface area contributed by atoms with Gasteiger partial charge in [-0.25, -0.2) is 4.99 Å². The van der Waals surface area contributed by atoms with Gasteiger partial charge in [0.05, 0.1) is 23.4 Å². The lowest BCUT2D eigenvalue weighted by molar-refractivity contribution is -0.137. The summed E-state index contributed by atoms with van der Waals surface area (Å²) in [7, 11) is 0.